The lowest BCUT2D eigenvalue weighted by Crippen LogP contribution is -2.29. The van der Waals surface area contributed by atoms with E-state index in [-0.39, 0.29) is 6.42 Å². The van der Waals surface area contributed by atoms with Crippen molar-refractivity contribution < 1.29 is 14.7 Å². The zero-order chi connectivity index (χ0) is 14.0. The van der Waals surface area contributed by atoms with Crippen LogP contribution in [0.5, 0.6) is 0 Å². The number of hydrogen-bond acceptors (Lipinski definition) is 3. The van der Waals surface area contributed by atoms with Crippen LogP contribution < -0.4 is 10.6 Å². The number of rotatable bonds is 6. The minimum Gasteiger partial charge on any atom is -0.481 e. The van der Waals surface area contributed by atoms with Crippen molar-refractivity contribution in [3.05, 3.63) is 29.3 Å². The molecule has 0 aromatic heterocycles. The minimum atomic E-state index is -0.794. The largest absolute Gasteiger partial charge is 0.481 e. The maximum atomic E-state index is 11.1. The topological polar surface area (TPSA) is 83.6 Å². The van der Waals surface area contributed by atoms with Gasteiger partial charge in [0, 0.05) is 23.8 Å². The van der Waals surface area contributed by atoms with Gasteiger partial charge in [-0.2, -0.15) is 0 Å². The third-order valence-corrected chi connectivity index (χ3v) is 3.34. The van der Waals surface area contributed by atoms with Gasteiger partial charge in [0.2, 0.25) is 5.91 Å². The minimum absolute atomic E-state index is 0.119. The summed E-state index contributed by atoms with van der Waals surface area (Å²) in [6, 6.07) is 5.74. The molecule has 0 radical (unpaired) electrons. The Hall–Kier alpha value is -2.04. The number of benzene rings is 1. The number of nitrogens with zero attached hydrogens (tertiary/aromatic N) is 1. The number of carboxylic acid groups (broad SMARTS) is 1. The lowest BCUT2D eigenvalue weighted by molar-refractivity contribution is -0.136. The summed E-state index contributed by atoms with van der Waals surface area (Å²) in [4.78, 5) is 24.0. The second-order valence-corrected chi connectivity index (χ2v) is 4.93. The molecule has 1 aromatic rings. The van der Waals surface area contributed by atoms with E-state index >= 15 is 0 Å². The highest BCUT2D eigenvalue weighted by Crippen LogP contribution is 2.33. The van der Waals surface area contributed by atoms with Crippen molar-refractivity contribution >= 4 is 17.6 Å². The Balaban J connectivity index is 2.21. The van der Waals surface area contributed by atoms with E-state index < -0.39 is 11.9 Å². The maximum Gasteiger partial charge on any atom is 0.305 e. The number of aryl methyl sites for hydroxylation is 1. The highest BCUT2D eigenvalue weighted by Gasteiger charge is 2.30. The summed E-state index contributed by atoms with van der Waals surface area (Å²) in [7, 11) is 0. The predicted molar refractivity (Wildman–Crippen MR) is 72.3 cm³/mol. The third-order valence-electron chi connectivity index (χ3n) is 3.34. The molecule has 0 bridgehead atoms. The van der Waals surface area contributed by atoms with Crippen molar-refractivity contribution in [2.75, 3.05) is 11.4 Å². The Morgan fingerprint density at radius 1 is 1.42 bits per heavy atom. The fourth-order valence-corrected chi connectivity index (χ4v) is 2.23. The van der Waals surface area contributed by atoms with Gasteiger partial charge in [0.25, 0.3) is 0 Å². The molecule has 2 rings (SSSR count). The van der Waals surface area contributed by atoms with E-state index in [1.807, 2.05) is 13.0 Å². The highest BCUT2D eigenvalue weighted by molar-refractivity contribution is 5.93. The second kappa shape index (κ2) is 5.30. The van der Waals surface area contributed by atoms with Gasteiger partial charge in [-0.15, -0.1) is 0 Å². The number of carbonyl (C=O) groups excluding carboxylic acids is 1. The SMILES string of the molecule is Cc1cc(C(N)=O)ccc1N(CCC(=O)O)C1CC1. The molecule has 0 heterocycles. The van der Waals surface area contributed by atoms with Gasteiger partial charge in [-0.25, -0.2) is 0 Å². The van der Waals surface area contributed by atoms with Crippen LogP contribution in [0.15, 0.2) is 18.2 Å². The average molecular weight is 262 g/mol. The van der Waals surface area contributed by atoms with E-state index in [0.717, 1.165) is 24.1 Å². The first-order chi connectivity index (χ1) is 8.99. The smallest absolute Gasteiger partial charge is 0.305 e. The van der Waals surface area contributed by atoms with Gasteiger partial charge in [0.05, 0.1) is 6.42 Å². The molecule has 0 saturated heterocycles. The molecule has 3 N–H and O–H groups in total. The molecule has 5 nitrogen and oxygen atoms in total. The van der Waals surface area contributed by atoms with Crippen LogP contribution in [-0.4, -0.2) is 29.6 Å². The van der Waals surface area contributed by atoms with Gasteiger partial charge < -0.3 is 15.7 Å². The van der Waals surface area contributed by atoms with Crippen LogP contribution in [0.2, 0.25) is 0 Å². The standard InChI is InChI=1S/C14H18N2O3/c1-9-8-10(14(15)19)2-5-12(9)16(11-3-4-11)7-6-13(17)18/h2,5,8,11H,3-4,6-7H2,1H3,(H2,15,19)(H,17,18). The van der Waals surface area contributed by atoms with Crippen molar-refractivity contribution in [3.8, 4) is 0 Å². The molecular formula is C14H18N2O3. The third kappa shape index (κ3) is 3.24. The first-order valence-corrected chi connectivity index (χ1v) is 6.38. The normalized spacial score (nSPS) is 14.2. The van der Waals surface area contributed by atoms with E-state index in [1.165, 1.54) is 0 Å². The van der Waals surface area contributed by atoms with Crippen molar-refractivity contribution in [3.63, 3.8) is 0 Å². The van der Waals surface area contributed by atoms with Crippen molar-refractivity contribution in [2.45, 2.75) is 32.2 Å². The molecule has 5 heteroatoms. The van der Waals surface area contributed by atoms with Gasteiger partial charge in [0.15, 0.2) is 0 Å². The fraction of sp³-hybridized carbons (Fsp3) is 0.429. The van der Waals surface area contributed by atoms with Crippen molar-refractivity contribution in [2.24, 2.45) is 5.73 Å². The lowest BCUT2D eigenvalue weighted by atomic mass is 10.1. The maximum absolute atomic E-state index is 11.1. The second-order valence-electron chi connectivity index (χ2n) is 4.93. The summed E-state index contributed by atoms with van der Waals surface area (Å²) in [6.45, 7) is 2.41. The Morgan fingerprint density at radius 3 is 2.58 bits per heavy atom. The van der Waals surface area contributed by atoms with Crippen molar-refractivity contribution in [1.82, 2.24) is 0 Å². The van der Waals surface area contributed by atoms with E-state index in [2.05, 4.69) is 4.90 Å². The van der Waals surface area contributed by atoms with Crippen LogP contribution in [0.4, 0.5) is 5.69 Å². The van der Waals surface area contributed by atoms with Crippen molar-refractivity contribution in [1.29, 1.82) is 0 Å². The molecule has 1 saturated carbocycles. The molecular weight excluding hydrogens is 244 g/mol. The number of amides is 1. The Morgan fingerprint density at radius 2 is 2.11 bits per heavy atom. The summed E-state index contributed by atoms with van der Waals surface area (Å²) < 4.78 is 0. The molecule has 1 amide bonds. The van der Waals surface area contributed by atoms with E-state index in [4.69, 9.17) is 10.8 Å². The van der Waals surface area contributed by atoms with E-state index in [0.29, 0.717) is 18.2 Å². The summed E-state index contributed by atoms with van der Waals surface area (Å²) in [6.07, 6.45) is 2.31. The first-order valence-electron chi connectivity index (χ1n) is 6.38. The van der Waals surface area contributed by atoms with Crippen LogP contribution in [-0.2, 0) is 4.79 Å². The molecule has 0 unspecified atom stereocenters. The van der Waals surface area contributed by atoms with Gasteiger partial charge >= 0.3 is 5.97 Å². The Kier molecular flexibility index (Phi) is 3.74. The number of carboxylic acids is 1. The zero-order valence-electron chi connectivity index (χ0n) is 10.9. The van der Waals surface area contributed by atoms with Gasteiger partial charge in [-0.1, -0.05) is 0 Å². The fourth-order valence-electron chi connectivity index (χ4n) is 2.23. The van der Waals surface area contributed by atoms with Crippen LogP contribution in [0, 0.1) is 6.92 Å². The Bertz CT molecular complexity index is 509. The number of aliphatic carboxylic acids is 1. The van der Waals surface area contributed by atoms with E-state index in [1.54, 1.807) is 12.1 Å². The summed E-state index contributed by atoms with van der Waals surface area (Å²) in [5, 5.41) is 8.81. The predicted octanol–water partition coefficient (Wildman–Crippen LogP) is 1.54. The molecule has 0 spiro atoms. The van der Waals surface area contributed by atoms with Gasteiger partial charge in [-0.05, 0) is 43.5 Å². The molecule has 0 atom stereocenters. The number of primary amides is 1. The van der Waals surface area contributed by atoms with Gasteiger partial charge in [0.1, 0.15) is 0 Å². The summed E-state index contributed by atoms with van der Waals surface area (Å²) in [5.74, 6) is -1.24. The average Bonchev–Trinajstić information content (AvgIpc) is 3.14. The number of hydrogen-bond donors (Lipinski definition) is 2. The summed E-state index contributed by atoms with van der Waals surface area (Å²) >= 11 is 0. The van der Waals surface area contributed by atoms with Crippen LogP contribution in [0.25, 0.3) is 0 Å². The van der Waals surface area contributed by atoms with Gasteiger partial charge in [-0.3, -0.25) is 9.59 Å². The number of nitrogens with two attached hydrogens (primary N) is 1. The molecule has 0 aliphatic heterocycles. The highest BCUT2D eigenvalue weighted by atomic mass is 16.4. The molecule has 1 aliphatic rings. The number of carbonyl (C=O) groups is 2. The quantitative estimate of drug-likeness (QED) is 0.814. The number of anilines is 1. The molecule has 1 aliphatic carbocycles. The first kappa shape index (κ1) is 13.4. The monoisotopic (exact) mass is 262 g/mol. The van der Waals surface area contributed by atoms with Crippen LogP contribution in [0.3, 0.4) is 0 Å². The lowest BCUT2D eigenvalue weighted by Gasteiger charge is -2.26. The summed E-state index contributed by atoms with van der Waals surface area (Å²) in [5.41, 5.74) is 7.68. The molecule has 1 aromatic carbocycles. The molecule has 19 heavy (non-hydrogen) atoms. The van der Waals surface area contributed by atoms with Crippen LogP contribution >= 0.6 is 0 Å². The zero-order valence-corrected chi connectivity index (χ0v) is 10.9. The Labute approximate surface area is 112 Å². The van der Waals surface area contributed by atoms with Crippen LogP contribution in [0.1, 0.15) is 35.2 Å². The van der Waals surface area contributed by atoms with E-state index in [9.17, 15) is 9.59 Å². The molecule has 1 fully saturated rings. The molecule has 102 valence electrons.